The van der Waals surface area contributed by atoms with Crippen molar-refractivity contribution >= 4 is 88.8 Å². The molecule has 1 aromatic rings. The molecule has 0 spiro atoms. The Balaban J connectivity index is 3.53. The molecule has 516 valence electrons. The highest BCUT2D eigenvalue weighted by molar-refractivity contribution is 5.99. The van der Waals surface area contributed by atoms with Crippen molar-refractivity contribution in [3.8, 4) is 5.75 Å². The number of aromatic hydroxyl groups is 1. The lowest BCUT2D eigenvalue weighted by molar-refractivity contribution is -0.142. The van der Waals surface area contributed by atoms with Gasteiger partial charge in [-0.3, -0.25) is 67.7 Å². The van der Waals surface area contributed by atoms with Crippen LogP contribution >= 0.6 is 0 Å². The van der Waals surface area contributed by atoms with Crippen LogP contribution in [0.2, 0.25) is 0 Å². The summed E-state index contributed by atoms with van der Waals surface area (Å²) in [6.07, 6.45) is -1.19. The minimum atomic E-state index is -1.77. The summed E-state index contributed by atoms with van der Waals surface area (Å²) < 4.78 is 0. The van der Waals surface area contributed by atoms with Crippen LogP contribution in [0.4, 0.5) is 0 Å². The lowest BCUT2D eigenvalue weighted by atomic mass is 9.97. The number of phenols is 1. The molecule has 35 nitrogen and oxygen atoms in total. The van der Waals surface area contributed by atoms with Gasteiger partial charge in [-0.1, -0.05) is 60.1 Å². The monoisotopic (exact) mass is 1300 g/mol. The SMILES string of the molecule is CC[C@H](C)[C@H](NC(=O)[C@H](CCCN=C(N)N)NC(=O)[C@H](CC(C)C)NC(=O)[C@H](CC(N)=O)NC(=O)[C@H](CCC(N)=O)NC(=O)[C@@H](N)CCCN=C(N)N)C(=O)N[C@@H](C)C(=O)N[C@@H](CC(C)C)C(=O)N[C@@H](CCCN=C(N)N)C(=O)N[C@@H](Cc1ccc(O)cc1)C(=O)O. The standard InChI is InChI=1S/C57H99N21O14/c1-8-30(6)44(53(90)70-31(7)45(82)74-38(24-28(2)3)50(87)72-35(13-10-22-68-56(63)64)47(84)77-41(54(91)92)26-32-15-17-33(79)18-16-32)78-49(86)36(14-11-23-69-57(65)66)73-51(88)39(25-29(4)5)75-52(89)40(27-43(60)81)76-48(85)37(19-20-42(59)80)71-46(83)34(58)12-9-21-67-55(61)62/h15-18,28-31,34-41,44,79H,8-14,19-27,58H2,1-7H3,(H2,59,80)(H2,60,81)(H,70,90)(H,71,83)(H,72,87)(H,73,88)(H,74,82)(H,75,89)(H,76,85)(H,77,84)(H,78,86)(H,91,92)(H4,61,62,67)(H4,63,64,68)(H4,65,66,69)/t30-,31-,34-,35-,36-,37-,38-,39-,40-,41-,44-/m0/s1. The smallest absolute Gasteiger partial charge is 0.326 e. The summed E-state index contributed by atoms with van der Waals surface area (Å²) in [5, 5.41) is 42.6. The number of amides is 11. The lowest BCUT2D eigenvalue weighted by Gasteiger charge is -2.29. The zero-order valence-electron chi connectivity index (χ0n) is 53.5. The Kier molecular flexibility index (Phi) is 36.4. The Morgan fingerprint density at radius 3 is 1.25 bits per heavy atom. The van der Waals surface area contributed by atoms with Gasteiger partial charge in [0.1, 0.15) is 60.1 Å². The fourth-order valence-corrected chi connectivity index (χ4v) is 8.90. The van der Waals surface area contributed by atoms with Crippen LogP contribution in [0.1, 0.15) is 131 Å². The zero-order valence-corrected chi connectivity index (χ0v) is 53.5. The van der Waals surface area contributed by atoms with Crippen LogP contribution in [0.25, 0.3) is 0 Å². The Morgan fingerprint density at radius 2 is 0.826 bits per heavy atom. The number of nitrogens with zero attached hydrogens (tertiary/aromatic N) is 3. The van der Waals surface area contributed by atoms with Gasteiger partial charge in [0.05, 0.1) is 12.5 Å². The molecule has 29 N–H and O–H groups in total. The number of aliphatic carboxylic acids is 1. The number of phenolic OH excluding ortho intramolecular Hbond substituents is 1. The second-order valence-corrected chi connectivity index (χ2v) is 23.1. The second kappa shape index (κ2) is 41.7. The van der Waals surface area contributed by atoms with Gasteiger partial charge in [-0.25, -0.2) is 4.79 Å². The molecule has 1 aromatic carbocycles. The Morgan fingerprint density at radius 1 is 0.446 bits per heavy atom. The van der Waals surface area contributed by atoms with E-state index in [-0.39, 0.29) is 119 Å². The van der Waals surface area contributed by atoms with Crippen molar-refractivity contribution in [2.24, 2.45) is 84.3 Å². The van der Waals surface area contributed by atoms with Gasteiger partial charge in [-0.2, -0.15) is 0 Å². The first kappa shape index (κ1) is 80.4. The van der Waals surface area contributed by atoms with E-state index < -0.39 is 150 Å². The minimum absolute atomic E-state index is 0.0207. The number of primary amides is 2. The van der Waals surface area contributed by atoms with Gasteiger partial charge in [0.25, 0.3) is 0 Å². The molecule has 35 heteroatoms. The van der Waals surface area contributed by atoms with Crippen molar-refractivity contribution in [1.29, 1.82) is 0 Å². The first-order valence-corrected chi connectivity index (χ1v) is 30.3. The lowest BCUT2D eigenvalue weighted by Crippen LogP contribution is -2.61. The minimum Gasteiger partial charge on any atom is -0.508 e. The van der Waals surface area contributed by atoms with E-state index in [2.05, 4.69) is 62.8 Å². The van der Waals surface area contributed by atoms with Gasteiger partial charge in [-0.05, 0) is 100 Å². The number of benzene rings is 1. The fourth-order valence-electron chi connectivity index (χ4n) is 8.90. The predicted molar refractivity (Wildman–Crippen MR) is 341 cm³/mol. The number of carboxylic acids is 1. The maximum Gasteiger partial charge on any atom is 0.326 e. The van der Waals surface area contributed by atoms with E-state index in [0.717, 1.165) is 0 Å². The van der Waals surface area contributed by atoms with E-state index >= 15 is 0 Å². The number of guanidine groups is 3. The molecule has 11 amide bonds. The number of nitrogens with two attached hydrogens (primary N) is 9. The number of hydrogen-bond donors (Lipinski definition) is 20. The van der Waals surface area contributed by atoms with Crippen molar-refractivity contribution in [2.45, 2.75) is 192 Å². The van der Waals surface area contributed by atoms with E-state index in [0.29, 0.717) is 12.0 Å². The topological polar surface area (TPSA) is 625 Å². The van der Waals surface area contributed by atoms with Gasteiger partial charge in [0.2, 0.25) is 65.0 Å². The van der Waals surface area contributed by atoms with Crippen molar-refractivity contribution in [3.63, 3.8) is 0 Å². The third kappa shape index (κ3) is 32.8. The van der Waals surface area contributed by atoms with Crippen LogP contribution in [-0.2, 0) is 64.0 Å². The molecule has 0 aliphatic rings. The maximum atomic E-state index is 14.4. The van der Waals surface area contributed by atoms with Crippen LogP contribution in [0.5, 0.6) is 5.75 Å². The molecule has 0 heterocycles. The molecular formula is C57H99N21O14. The van der Waals surface area contributed by atoms with Crippen LogP contribution in [0.3, 0.4) is 0 Å². The molecule has 92 heavy (non-hydrogen) atoms. The summed E-state index contributed by atoms with van der Waals surface area (Å²) in [7, 11) is 0. The average Bonchev–Trinajstić information content (AvgIpc) is 0.915. The molecule has 1 rings (SSSR count). The molecule has 0 bridgehead atoms. The third-order valence-corrected chi connectivity index (χ3v) is 14.0. The molecule has 0 unspecified atom stereocenters. The molecule has 0 saturated carbocycles. The number of carboxylic acid groups (broad SMARTS) is 1. The van der Waals surface area contributed by atoms with Crippen LogP contribution in [-0.4, -0.2) is 179 Å². The number of hydrogen-bond acceptors (Lipinski definition) is 17. The predicted octanol–water partition coefficient (Wildman–Crippen LogP) is -5.83. The largest absolute Gasteiger partial charge is 0.508 e. The first-order valence-electron chi connectivity index (χ1n) is 30.3. The van der Waals surface area contributed by atoms with Crippen molar-refractivity contribution in [1.82, 2.24) is 47.9 Å². The highest BCUT2D eigenvalue weighted by Gasteiger charge is 2.37. The summed E-state index contributed by atoms with van der Waals surface area (Å²) >= 11 is 0. The van der Waals surface area contributed by atoms with Gasteiger partial charge in [-0.15, -0.1) is 0 Å². The van der Waals surface area contributed by atoms with Crippen molar-refractivity contribution in [3.05, 3.63) is 29.8 Å². The number of carbonyl (C=O) groups is 12. The molecule has 0 fully saturated rings. The van der Waals surface area contributed by atoms with Gasteiger partial charge in [0, 0.05) is 32.5 Å². The fraction of sp³-hybridized carbons (Fsp3) is 0.632. The summed E-state index contributed by atoms with van der Waals surface area (Å²) in [5.41, 5.74) is 50.0. The molecular weight excluding hydrogens is 1200 g/mol. The molecule has 11 atom stereocenters. The van der Waals surface area contributed by atoms with Crippen LogP contribution < -0.4 is 99.5 Å². The summed E-state index contributed by atoms with van der Waals surface area (Å²) in [5.74, 6) is -13.4. The van der Waals surface area contributed by atoms with Gasteiger partial charge < -0.3 is 110 Å². The van der Waals surface area contributed by atoms with E-state index in [1.807, 2.05) is 0 Å². The Bertz CT molecular complexity index is 2740. The number of rotatable bonds is 44. The van der Waals surface area contributed by atoms with Crippen LogP contribution in [0.15, 0.2) is 39.2 Å². The maximum absolute atomic E-state index is 14.4. The second-order valence-electron chi connectivity index (χ2n) is 23.1. The quantitative estimate of drug-likeness (QED) is 0.0164. The summed E-state index contributed by atoms with van der Waals surface area (Å²) in [6, 6.07) is -8.61. The van der Waals surface area contributed by atoms with Crippen molar-refractivity contribution in [2.75, 3.05) is 19.6 Å². The van der Waals surface area contributed by atoms with E-state index in [9.17, 15) is 67.7 Å². The first-order chi connectivity index (χ1) is 43.0. The molecule has 0 aliphatic carbocycles. The van der Waals surface area contributed by atoms with Gasteiger partial charge >= 0.3 is 5.97 Å². The third-order valence-electron chi connectivity index (χ3n) is 14.0. The highest BCUT2D eigenvalue weighted by Crippen LogP contribution is 2.15. The average molecular weight is 1300 g/mol. The Labute approximate surface area is 534 Å². The normalized spacial score (nSPS) is 14.6. The van der Waals surface area contributed by atoms with E-state index in [1.165, 1.54) is 31.2 Å². The number of carbonyl (C=O) groups excluding carboxylic acids is 11. The Hall–Kier alpha value is -9.57. The highest BCUT2D eigenvalue weighted by atomic mass is 16.4. The molecule has 0 aliphatic heterocycles. The number of aliphatic imine (C=N–C) groups is 3. The molecule has 0 aromatic heterocycles. The van der Waals surface area contributed by atoms with Gasteiger partial charge in [0.15, 0.2) is 17.9 Å². The number of nitrogens with one attached hydrogen (secondary N) is 9. The zero-order chi connectivity index (χ0) is 69.9. The van der Waals surface area contributed by atoms with Crippen LogP contribution in [0, 0.1) is 17.8 Å². The van der Waals surface area contributed by atoms with E-state index in [1.54, 1.807) is 41.5 Å². The molecule has 0 saturated heterocycles. The summed E-state index contributed by atoms with van der Waals surface area (Å²) in [4.78, 5) is 174. The summed E-state index contributed by atoms with van der Waals surface area (Å²) in [6.45, 7) is 11.8. The van der Waals surface area contributed by atoms with E-state index in [4.69, 9.17) is 51.6 Å². The van der Waals surface area contributed by atoms with Crippen molar-refractivity contribution < 1.29 is 67.7 Å². The molecule has 0 radical (unpaired) electrons.